The van der Waals surface area contributed by atoms with Crippen LogP contribution < -0.4 is 10.6 Å². The first-order valence-corrected chi connectivity index (χ1v) is 12.0. The van der Waals surface area contributed by atoms with Crippen molar-refractivity contribution in [3.05, 3.63) is 82.8 Å². The summed E-state index contributed by atoms with van der Waals surface area (Å²) in [4.78, 5) is 25.3. The zero-order valence-corrected chi connectivity index (χ0v) is 20.0. The zero-order chi connectivity index (χ0) is 25.1. The lowest BCUT2D eigenvalue weighted by Crippen LogP contribution is -2.30. The number of aromatic nitrogens is 3. The molecular formula is C26H24ClN5O4. The van der Waals surface area contributed by atoms with Crippen molar-refractivity contribution in [1.29, 1.82) is 0 Å². The summed E-state index contributed by atoms with van der Waals surface area (Å²) < 4.78 is 6.24. The minimum absolute atomic E-state index is 0.0568. The number of nitrogens with zero attached hydrogens (tertiary/aromatic N) is 3. The van der Waals surface area contributed by atoms with E-state index in [1.807, 2.05) is 24.3 Å². The lowest BCUT2D eigenvalue weighted by atomic mass is 10.0. The van der Waals surface area contributed by atoms with Crippen LogP contribution in [0.3, 0.4) is 0 Å². The Labute approximate surface area is 212 Å². The number of halogens is 1. The van der Waals surface area contributed by atoms with Gasteiger partial charge in [0.05, 0.1) is 17.6 Å². The molecule has 2 amide bonds. The Morgan fingerprint density at radius 2 is 1.92 bits per heavy atom. The van der Waals surface area contributed by atoms with E-state index < -0.39 is 5.91 Å². The summed E-state index contributed by atoms with van der Waals surface area (Å²) in [6, 6.07) is 15.0. The van der Waals surface area contributed by atoms with Crippen LogP contribution in [0.15, 0.2) is 65.3 Å². The first-order chi connectivity index (χ1) is 17.5. The average molecular weight is 506 g/mol. The molecule has 2 heterocycles. The summed E-state index contributed by atoms with van der Waals surface area (Å²) in [6.07, 6.45) is 5.51. The topological polar surface area (TPSA) is 122 Å². The maximum atomic E-state index is 13.1. The Hall–Kier alpha value is -4.11. The fourth-order valence-electron chi connectivity index (χ4n) is 4.44. The number of rotatable bonds is 6. The molecule has 0 bridgehead atoms. The van der Waals surface area contributed by atoms with Gasteiger partial charge in [-0.05, 0) is 42.7 Å². The number of amides is 2. The van der Waals surface area contributed by atoms with Gasteiger partial charge in [0.1, 0.15) is 5.75 Å². The summed E-state index contributed by atoms with van der Waals surface area (Å²) in [5.41, 5.74) is 2.91. The van der Waals surface area contributed by atoms with Gasteiger partial charge in [0.25, 0.3) is 5.91 Å². The molecule has 184 valence electrons. The van der Waals surface area contributed by atoms with Gasteiger partial charge in [0.2, 0.25) is 5.76 Å². The number of benzene rings is 2. The molecule has 0 radical (unpaired) electrons. The van der Waals surface area contributed by atoms with Crippen LogP contribution in [-0.2, 0) is 6.54 Å². The highest BCUT2D eigenvalue weighted by Gasteiger charge is 2.26. The van der Waals surface area contributed by atoms with Gasteiger partial charge in [-0.1, -0.05) is 47.8 Å². The van der Waals surface area contributed by atoms with Crippen LogP contribution in [0.5, 0.6) is 5.75 Å². The van der Waals surface area contributed by atoms with Crippen molar-refractivity contribution in [2.75, 3.05) is 5.32 Å². The number of anilines is 1. The second-order valence-corrected chi connectivity index (χ2v) is 9.07. The van der Waals surface area contributed by atoms with Gasteiger partial charge in [-0.25, -0.2) is 4.79 Å². The van der Waals surface area contributed by atoms with E-state index in [0.717, 1.165) is 36.9 Å². The normalized spacial score (nSPS) is 13.6. The molecule has 0 atom stereocenters. The number of carbonyl (C=O) groups is 2. The maximum absolute atomic E-state index is 13.1. The van der Waals surface area contributed by atoms with E-state index in [-0.39, 0.29) is 30.0 Å². The van der Waals surface area contributed by atoms with E-state index in [0.29, 0.717) is 22.0 Å². The van der Waals surface area contributed by atoms with Crippen LogP contribution in [0.2, 0.25) is 5.02 Å². The molecule has 1 aliphatic rings. The minimum Gasteiger partial charge on any atom is -0.507 e. The van der Waals surface area contributed by atoms with E-state index in [2.05, 4.69) is 20.9 Å². The number of hydrogen-bond acceptors (Lipinski definition) is 6. The molecule has 0 aliphatic heterocycles. The number of hydrogen-bond donors (Lipinski definition) is 3. The van der Waals surface area contributed by atoms with Gasteiger partial charge in [0.15, 0.2) is 0 Å². The fourth-order valence-corrected chi connectivity index (χ4v) is 4.64. The third kappa shape index (κ3) is 4.96. The molecule has 2 aromatic heterocycles. The molecule has 3 N–H and O–H groups in total. The molecule has 0 spiro atoms. The predicted octanol–water partition coefficient (Wildman–Crippen LogP) is 5.56. The summed E-state index contributed by atoms with van der Waals surface area (Å²) in [5.74, 6) is -0.298. The minimum atomic E-state index is -0.484. The highest BCUT2D eigenvalue weighted by molar-refractivity contribution is 6.31. The first-order valence-electron chi connectivity index (χ1n) is 11.7. The highest BCUT2D eigenvalue weighted by Crippen LogP contribution is 2.38. The van der Waals surface area contributed by atoms with Crippen LogP contribution in [0.25, 0.3) is 11.3 Å². The monoisotopic (exact) mass is 505 g/mol. The van der Waals surface area contributed by atoms with Gasteiger partial charge in [-0.3, -0.25) is 4.79 Å². The standard InChI is InChI=1S/C26H24ClN5O4/c27-20-8-4-3-7-17(20)15-28-26(35)32-22(16-5-1-2-6-16)14-21(31-32)19-10-9-18(13-23(19)33)30-25(34)24-11-12-29-36-24/h3-4,7-14,16,33H,1-2,5-6,15H2,(H,28,35)(H,30,34). The van der Waals surface area contributed by atoms with Crippen molar-refractivity contribution in [2.45, 2.75) is 38.1 Å². The Balaban J connectivity index is 1.39. The molecule has 2 aromatic carbocycles. The van der Waals surface area contributed by atoms with Crippen molar-refractivity contribution in [3.8, 4) is 17.0 Å². The highest BCUT2D eigenvalue weighted by atomic mass is 35.5. The lowest BCUT2D eigenvalue weighted by Gasteiger charge is -2.12. The molecule has 9 nitrogen and oxygen atoms in total. The van der Waals surface area contributed by atoms with E-state index in [9.17, 15) is 14.7 Å². The van der Waals surface area contributed by atoms with Crippen molar-refractivity contribution in [2.24, 2.45) is 0 Å². The lowest BCUT2D eigenvalue weighted by molar-refractivity contribution is 0.0988. The van der Waals surface area contributed by atoms with Gasteiger partial charge in [-0.2, -0.15) is 9.78 Å². The molecule has 1 saturated carbocycles. The number of aromatic hydroxyl groups is 1. The summed E-state index contributed by atoms with van der Waals surface area (Å²) in [7, 11) is 0. The molecule has 1 aliphatic carbocycles. The predicted molar refractivity (Wildman–Crippen MR) is 134 cm³/mol. The molecule has 0 unspecified atom stereocenters. The fraction of sp³-hybridized carbons (Fsp3) is 0.231. The first kappa shape index (κ1) is 23.6. The second-order valence-electron chi connectivity index (χ2n) is 8.66. The Kier molecular flexibility index (Phi) is 6.73. The summed E-state index contributed by atoms with van der Waals surface area (Å²) in [6.45, 7) is 0.267. The van der Waals surface area contributed by atoms with E-state index in [4.69, 9.17) is 16.1 Å². The molecule has 10 heteroatoms. The molecule has 0 saturated heterocycles. The third-order valence-electron chi connectivity index (χ3n) is 6.28. The summed E-state index contributed by atoms with van der Waals surface area (Å²) in [5, 5.41) is 24.9. The van der Waals surface area contributed by atoms with Crippen molar-refractivity contribution >= 4 is 29.2 Å². The van der Waals surface area contributed by atoms with Crippen LogP contribution >= 0.6 is 11.6 Å². The Morgan fingerprint density at radius 1 is 1.11 bits per heavy atom. The van der Waals surface area contributed by atoms with E-state index in [1.54, 1.807) is 18.2 Å². The van der Waals surface area contributed by atoms with Gasteiger partial charge < -0.3 is 20.3 Å². The maximum Gasteiger partial charge on any atom is 0.342 e. The van der Waals surface area contributed by atoms with Gasteiger partial charge >= 0.3 is 6.03 Å². The number of nitrogens with one attached hydrogen (secondary N) is 2. The SMILES string of the molecule is O=C(Nc1ccc(-c2cc(C3CCCC3)n(C(=O)NCc3ccccc3Cl)n2)c(O)c1)c1ccno1. The quantitative estimate of drug-likeness (QED) is 0.315. The molecule has 4 aromatic rings. The van der Waals surface area contributed by atoms with Gasteiger partial charge in [-0.15, -0.1) is 0 Å². The third-order valence-corrected chi connectivity index (χ3v) is 6.65. The average Bonchev–Trinajstić information content (AvgIpc) is 3.65. The van der Waals surface area contributed by atoms with Crippen molar-refractivity contribution in [3.63, 3.8) is 0 Å². The van der Waals surface area contributed by atoms with Crippen molar-refractivity contribution in [1.82, 2.24) is 20.3 Å². The number of phenolic OH excluding ortho intramolecular Hbond substituents is 1. The molecule has 1 fully saturated rings. The van der Waals surface area contributed by atoms with Gasteiger partial charge in [0, 0.05) is 40.9 Å². The van der Waals surface area contributed by atoms with E-state index in [1.165, 1.54) is 23.0 Å². The van der Waals surface area contributed by atoms with Crippen LogP contribution in [-0.4, -0.2) is 32.0 Å². The number of phenols is 1. The van der Waals surface area contributed by atoms with Crippen LogP contribution in [0, 0.1) is 0 Å². The molecule has 36 heavy (non-hydrogen) atoms. The summed E-state index contributed by atoms with van der Waals surface area (Å²) >= 11 is 6.23. The number of carbonyl (C=O) groups excluding carboxylic acids is 2. The zero-order valence-electron chi connectivity index (χ0n) is 19.3. The van der Waals surface area contributed by atoms with E-state index >= 15 is 0 Å². The molecule has 5 rings (SSSR count). The Morgan fingerprint density at radius 3 is 2.64 bits per heavy atom. The second kappa shape index (κ2) is 10.2. The van der Waals surface area contributed by atoms with Crippen molar-refractivity contribution < 1.29 is 19.2 Å². The van der Waals surface area contributed by atoms with Crippen LogP contribution in [0.4, 0.5) is 10.5 Å². The molecular weight excluding hydrogens is 482 g/mol. The largest absolute Gasteiger partial charge is 0.507 e. The smallest absolute Gasteiger partial charge is 0.342 e. The van der Waals surface area contributed by atoms with Crippen LogP contribution in [0.1, 0.15) is 53.4 Å². The Bertz CT molecular complexity index is 1390.